The summed E-state index contributed by atoms with van der Waals surface area (Å²) in [6.45, 7) is 4.38. The number of rotatable bonds is 7. The van der Waals surface area contributed by atoms with Gasteiger partial charge in [-0.2, -0.15) is 5.26 Å². The van der Waals surface area contributed by atoms with Gasteiger partial charge in [-0.3, -0.25) is 0 Å². The fourth-order valence-corrected chi connectivity index (χ4v) is 1.32. The molecule has 0 saturated carbocycles. The highest BCUT2D eigenvalue weighted by Crippen LogP contribution is 2.15. The molecule has 0 atom stereocenters. The molecule has 0 bridgehead atoms. The van der Waals surface area contributed by atoms with E-state index in [0.29, 0.717) is 17.1 Å². The van der Waals surface area contributed by atoms with Crippen LogP contribution in [0.1, 0.15) is 25.3 Å². The van der Waals surface area contributed by atoms with Gasteiger partial charge in [-0.1, -0.05) is 6.92 Å². The van der Waals surface area contributed by atoms with Crippen LogP contribution in [0.15, 0.2) is 12.3 Å². The van der Waals surface area contributed by atoms with E-state index in [2.05, 4.69) is 17.2 Å². The van der Waals surface area contributed by atoms with Crippen LogP contribution in [0.4, 0.5) is 11.5 Å². The minimum absolute atomic E-state index is 0.472. The van der Waals surface area contributed by atoms with Crippen LogP contribution in [0.2, 0.25) is 0 Å². The molecule has 0 aliphatic heterocycles. The van der Waals surface area contributed by atoms with Gasteiger partial charge < -0.3 is 15.8 Å². The van der Waals surface area contributed by atoms with Crippen molar-refractivity contribution in [3.8, 4) is 6.07 Å². The van der Waals surface area contributed by atoms with E-state index in [-0.39, 0.29) is 0 Å². The Morgan fingerprint density at radius 1 is 1.53 bits per heavy atom. The van der Waals surface area contributed by atoms with E-state index < -0.39 is 0 Å². The lowest BCUT2D eigenvalue weighted by Gasteiger charge is -2.08. The molecule has 5 heteroatoms. The Balaban J connectivity index is 2.30. The molecule has 0 radical (unpaired) electrons. The van der Waals surface area contributed by atoms with E-state index in [1.54, 1.807) is 6.07 Å². The van der Waals surface area contributed by atoms with Gasteiger partial charge in [0.25, 0.3) is 0 Å². The first kappa shape index (κ1) is 13.3. The van der Waals surface area contributed by atoms with E-state index in [0.717, 1.165) is 32.6 Å². The van der Waals surface area contributed by atoms with E-state index >= 15 is 0 Å². The average Bonchev–Trinajstić information content (AvgIpc) is 2.35. The van der Waals surface area contributed by atoms with Crippen molar-refractivity contribution in [1.29, 1.82) is 5.26 Å². The predicted molar refractivity (Wildman–Crippen MR) is 67.6 cm³/mol. The van der Waals surface area contributed by atoms with Crippen molar-refractivity contribution < 1.29 is 4.74 Å². The Morgan fingerprint density at radius 3 is 3.00 bits per heavy atom. The predicted octanol–water partition coefficient (Wildman–Crippen LogP) is 1.76. The summed E-state index contributed by atoms with van der Waals surface area (Å²) in [5, 5.41) is 11.8. The fourth-order valence-electron chi connectivity index (χ4n) is 1.32. The molecule has 0 fully saturated rings. The van der Waals surface area contributed by atoms with Gasteiger partial charge in [0.05, 0.1) is 11.3 Å². The lowest BCUT2D eigenvalue weighted by Crippen LogP contribution is -2.09. The van der Waals surface area contributed by atoms with Crippen LogP contribution in [0.25, 0.3) is 0 Å². The third-order valence-electron chi connectivity index (χ3n) is 2.15. The number of aromatic nitrogens is 1. The second kappa shape index (κ2) is 7.47. The van der Waals surface area contributed by atoms with Gasteiger partial charge in [0, 0.05) is 26.0 Å². The summed E-state index contributed by atoms with van der Waals surface area (Å²) < 4.78 is 5.35. The topological polar surface area (TPSA) is 84.0 Å². The second-order valence-corrected chi connectivity index (χ2v) is 3.67. The first-order chi connectivity index (χ1) is 8.27. The zero-order valence-electron chi connectivity index (χ0n) is 10.1. The molecular weight excluding hydrogens is 216 g/mol. The summed E-state index contributed by atoms with van der Waals surface area (Å²) in [6.07, 6.45) is 3.45. The second-order valence-electron chi connectivity index (χ2n) is 3.67. The van der Waals surface area contributed by atoms with E-state index in [1.165, 1.54) is 6.20 Å². The molecular formula is C12H18N4O. The number of anilines is 2. The average molecular weight is 234 g/mol. The van der Waals surface area contributed by atoms with Gasteiger partial charge in [0.15, 0.2) is 0 Å². The number of ether oxygens (including phenoxy) is 1. The van der Waals surface area contributed by atoms with Gasteiger partial charge in [0.1, 0.15) is 11.9 Å². The minimum atomic E-state index is 0.472. The van der Waals surface area contributed by atoms with Crippen molar-refractivity contribution in [2.24, 2.45) is 0 Å². The molecule has 0 saturated heterocycles. The van der Waals surface area contributed by atoms with Crippen molar-refractivity contribution in [3.05, 3.63) is 17.8 Å². The van der Waals surface area contributed by atoms with Crippen molar-refractivity contribution in [2.75, 3.05) is 30.8 Å². The Bertz CT molecular complexity index is 387. The molecule has 1 rings (SSSR count). The number of hydrogen-bond acceptors (Lipinski definition) is 5. The Kier molecular flexibility index (Phi) is 5.83. The van der Waals surface area contributed by atoms with Crippen LogP contribution in [0.3, 0.4) is 0 Å². The standard InChI is InChI=1S/C12H18N4O/c1-2-5-17-6-3-4-15-12-11(14)7-10(8-13)9-16-12/h7,9H,2-6,14H2,1H3,(H,15,16). The molecule has 3 N–H and O–H groups in total. The Labute approximate surface area is 102 Å². The minimum Gasteiger partial charge on any atom is -0.396 e. The summed E-state index contributed by atoms with van der Waals surface area (Å²) >= 11 is 0. The third kappa shape index (κ3) is 4.70. The number of pyridine rings is 1. The molecule has 0 aromatic carbocycles. The summed E-state index contributed by atoms with van der Waals surface area (Å²) in [6, 6.07) is 3.61. The lowest BCUT2D eigenvalue weighted by molar-refractivity contribution is 0.134. The molecule has 17 heavy (non-hydrogen) atoms. The highest BCUT2D eigenvalue weighted by atomic mass is 16.5. The van der Waals surface area contributed by atoms with Crippen molar-refractivity contribution in [3.63, 3.8) is 0 Å². The third-order valence-corrected chi connectivity index (χ3v) is 2.15. The van der Waals surface area contributed by atoms with E-state index in [1.807, 2.05) is 6.07 Å². The maximum absolute atomic E-state index is 8.67. The van der Waals surface area contributed by atoms with Crippen molar-refractivity contribution >= 4 is 11.5 Å². The molecule has 1 heterocycles. The molecule has 1 aromatic rings. The maximum Gasteiger partial charge on any atom is 0.149 e. The molecule has 0 spiro atoms. The normalized spacial score (nSPS) is 9.88. The number of nitriles is 1. The highest BCUT2D eigenvalue weighted by Gasteiger charge is 2.01. The van der Waals surface area contributed by atoms with Crippen LogP contribution in [-0.4, -0.2) is 24.7 Å². The van der Waals surface area contributed by atoms with Gasteiger partial charge >= 0.3 is 0 Å². The smallest absolute Gasteiger partial charge is 0.149 e. The number of nitrogens with one attached hydrogen (secondary N) is 1. The molecule has 0 unspecified atom stereocenters. The van der Waals surface area contributed by atoms with Gasteiger partial charge in [-0.15, -0.1) is 0 Å². The van der Waals surface area contributed by atoms with E-state index in [9.17, 15) is 0 Å². The Hall–Kier alpha value is -1.80. The van der Waals surface area contributed by atoms with Gasteiger partial charge in [0.2, 0.25) is 0 Å². The SMILES string of the molecule is CCCOCCCNc1ncc(C#N)cc1N. The summed E-state index contributed by atoms with van der Waals surface area (Å²) in [4.78, 5) is 4.08. The summed E-state index contributed by atoms with van der Waals surface area (Å²) in [7, 11) is 0. The zero-order valence-corrected chi connectivity index (χ0v) is 10.1. The van der Waals surface area contributed by atoms with Crippen LogP contribution in [0.5, 0.6) is 0 Å². The molecule has 92 valence electrons. The van der Waals surface area contributed by atoms with Crippen LogP contribution >= 0.6 is 0 Å². The highest BCUT2D eigenvalue weighted by molar-refractivity contribution is 5.62. The quantitative estimate of drug-likeness (QED) is 0.702. The monoisotopic (exact) mass is 234 g/mol. The molecule has 0 aliphatic rings. The van der Waals surface area contributed by atoms with Crippen LogP contribution in [-0.2, 0) is 4.74 Å². The maximum atomic E-state index is 8.67. The van der Waals surface area contributed by atoms with Crippen molar-refractivity contribution in [2.45, 2.75) is 19.8 Å². The van der Waals surface area contributed by atoms with Gasteiger partial charge in [-0.25, -0.2) is 4.98 Å². The van der Waals surface area contributed by atoms with Crippen molar-refractivity contribution in [1.82, 2.24) is 4.98 Å². The summed E-state index contributed by atoms with van der Waals surface area (Å²) in [5.74, 6) is 0.625. The number of hydrogen-bond donors (Lipinski definition) is 2. The molecule has 5 nitrogen and oxygen atoms in total. The number of nitrogens with two attached hydrogens (primary N) is 1. The summed E-state index contributed by atoms with van der Waals surface area (Å²) in [5.41, 5.74) is 6.72. The lowest BCUT2D eigenvalue weighted by atomic mass is 10.3. The van der Waals surface area contributed by atoms with Gasteiger partial charge in [-0.05, 0) is 18.9 Å². The number of nitrogens with zero attached hydrogens (tertiary/aromatic N) is 2. The first-order valence-corrected chi connectivity index (χ1v) is 5.75. The van der Waals surface area contributed by atoms with E-state index in [4.69, 9.17) is 15.7 Å². The van der Waals surface area contributed by atoms with Crippen LogP contribution < -0.4 is 11.1 Å². The molecule has 0 aliphatic carbocycles. The fraction of sp³-hybridized carbons (Fsp3) is 0.500. The largest absolute Gasteiger partial charge is 0.396 e. The molecule has 0 amide bonds. The zero-order chi connectivity index (χ0) is 12.5. The molecule has 1 aromatic heterocycles. The van der Waals surface area contributed by atoms with Crippen LogP contribution in [0, 0.1) is 11.3 Å². The number of nitrogen functional groups attached to an aromatic ring is 1. The first-order valence-electron chi connectivity index (χ1n) is 5.75. The Morgan fingerprint density at radius 2 is 2.35 bits per heavy atom.